The van der Waals surface area contributed by atoms with Crippen molar-refractivity contribution in [3.63, 3.8) is 0 Å². The lowest BCUT2D eigenvalue weighted by molar-refractivity contribution is 0.0445. The third-order valence-corrected chi connectivity index (χ3v) is 5.67. The first-order valence-corrected chi connectivity index (χ1v) is 10.6. The number of aryl methyl sites for hydroxylation is 1. The van der Waals surface area contributed by atoms with Crippen LogP contribution in [0.2, 0.25) is 0 Å². The van der Waals surface area contributed by atoms with Crippen molar-refractivity contribution in [1.29, 1.82) is 0 Å². The molecule has 0 saturated heterocycles. The van der Waals surface area contributed by atoms with Crippen LogP contribution >= 0.6 is 0 Å². The zero-order valence-electron chi connectivity index (χ0n) is 17.6. The van der Waals surface area contributed by atoms with Crippen LogP contribution in [0, 0.1) is 6.92 Å². The minimum absolute atomic E-state index is 0.214. The van der Waals surface area contributed by atoms with Gasteiger partial charge in [-0.25, -0.2) is 14.6 Å². The monoisotopic (exact) mass is 429 g/mol. The van der Waals surface area contributed by atoms with Crippen LogP contribution in [0.5, 0.6) is 0 Å². The Morgan fingerprint density at radius 3 is 2.66 bits per heavy atom. The van der Waals surface area contributed by atoms with Crippen molar-refractivity contribution in [3.8, 4) is 17.1 Å². The summed E-state index contributed by atoms with van der Waals surface area (Å²) in [6.45, 7) is 1.82. The van der Waals surface area contributed by atoms with Gasteiger partial charge in [0.25, 0.3) is 5.91 Å². The van der Waals surface area contributed by atoms with Crippen LogP contribution in [-0.4, -0.2) is 42.9 Å². The van der Waals surface area contributed by atoms with Crippen LogP contribution in [0.4, 0.5) is 0 Å². The lowest BCUT2D eigenvalue weighted by Gasteiger charge is -2.32. The fraction of sp³-hybridized carbons (Fsp3) is 0.250. The number of hydrogen-bond donors (Lipinski definition) is 2. The lowest BCUT2D eigenvalue weighted by atomic mass is 9.89. The molecule has 5 rings (SSSR count). The van der Waals surface area contributed by atoms with Crippen molar-refractivity contribution in [2.75, 3.05) is 0 Å². The molecule has 4 aromatic rings. The highest BCUT2D eigenvalue weighted by Crippen LogP contribution is 2.22. The number of hydrogen-bond acceptors (Lipinski definition) is 6. The number of aromatic nitrogens is 4. The molecule has 8 heteroatoms. The molecule has 0 aliphatic heterocycles. The average Bonchev–Trinajstić information content (AvgIpc) is 3.49. The van der Waals surface area contributed by atoms with Gasteiger partial charge in [0, 0.05) is 24.9 Å². The van der Waals surface area contributed by atoms with Gasteiger partial charge in [0.2, 0.25) is 0 Å². The molecule has 8 nitrogen and oxygen atoms in total. The van der Waals surface area contributed by atoms with Crippen LogP contribution in [-0.2, 0) is 6.42 Å². The lowest BCUT2D eigenvalue weighted by Crippen LogP contribution is -2.50. The van der Waals surface area contributed by atoms with Gasteiger partial charge < -0.3 is 14.8 Å². The van der Waals surface area contributed by atoms with Gasteiger partial charge in [0.15, 0.2) is 11.7 Å². The van der Waals surface area contributed by atoms with E-state index >= 15 is 0 Å². The molecule has 3 heterocycles. The maximum Gasteiger partial charge on any atom is 0.270 e. The smallest absolute Gasteiger partial charge is 0.270 e. The number of oxazole rings is 1. The Morgan fingerprint density at radius 1 is 1.19 bits per heavy atom. The van der Waals surface area contributed by atoms with E-state index in [1.54, 1.807) is 29.4 Å². The summed E-state index contributed by atoms with van der Waals surface area (Å²) in [4.78, 5) is 21.7. The number of carbonyl (C=O) groups is 1. The fourth-order valence-corrected chi connectivity index (χ4v) is 3.73. The quantitative estimate of drug-likeness (QED) is 0.488. The van der Waals surface area contributed by atoms with E-state index in [1.807, 2.05) is 43.3 Å². The maximum atomic E-state index is 12.8. The standard InChI is InChI=1S/C24H23N5O3/c1-15-26-21(14-32-15)18-5-3-16(4-6-18)11-17-12-20(24(31)28-19-7-8-22(19)30)27-23(13-17)29-10-2-9-25-29/h2-6,9-10,12-14,19,22,30H,7-8,11H2,1H3,(H,28,31)/t19-,22-/m0/s1. The van der Waals surface area contributed by atoms with Gasteiger partial charge in [-0.3, -0.25) is 4.79 Å². The Labute approximate surface area is 184 Å². The number of nitrogens with one attached hydrogen (secondary N) is 1. The van der Waals surface area contributed by atoms with Crippen LogP contribution in [0.1, 0.15) is 40.3 Å². The zero-order valence-corrected chi connectivity index (χ0v) is 17.6. The molecule has 162 valence electrons. The molecule has 0 bridgehead atoms. The summed E-state index contributed by atoms with van der Waals surface area (Å²) in [5.41, 5.74) is 4.12. The Morgan fingerprint density at radius 2 is 2.03 bits per heavy atom. The zero-order chi connectivity index (χ0) is 22.1. The van der Waals surface area contributed by atoms with Crippen molar-refractivity contribution in [1.82, 2.24) is 25.1 Å². The molecule has 1 amide bonds. The minimum atomic E-state index is -0.486. The summed E-state index contributed by atoms with van der Waals surface area (Å²) < 4.78 is 6.93. The first-order chi connectivity index (χ1) is 15.5. The van der Waals surface area contributed by atoms with Crippen LogP contribution in [0.25, 0.3) is 17.1 Å². The first-order valence-electron chi connectivity index (χ1n) is 10.6. The second kappa shape index (κ2) is 8.39. The highest BCUT2D eigenvalue weighted by Gasteiger charge is 2.30. The Balaban J connectivity index is 1.41. The number of nitrogens with zero attached hydrogens (tertiary/aromatic N) is 4. The number of amides is 1. The molecule has 3 aromatic heterocycles. The number of aliphatic hydroxyl groups excluding tert-OH is 1. The van der Waals surface area contributed by atoms with E-state index in [-0.39, 0.29) is 11.9 Å². The van der Waals surface area contributed by atoms with Gasteiger partial charge in [0.05, 0.1) is 12.1 Å². The van der Waals surface area contributed by atoms with E-state index in [9.17, 15) is 9.90 Å². The van der Waals surface area contributed by atoms with Gasteiger partial charge in [-0.05, 0) is 48.6 Å². The average molecular weight is 429 g/mol. The summed E-state index contributed by atoms with van der Waals surface area (Å²) in [7, 11) is 0. The fourth-order valence-electron chi connectivity index (χ4n) is 3.73. The first kappa shape index (κ1) is 20.1. The van der Waals surface area contributed by atoms with Gasteiger partial charge in [-0.2, -0.15) is 5.10 Å². The third kappa shape index (κ3) is 4.17. The molecular weight excluding hydrogens is 406 g/mol. The molecule has 2 atom stereocenters. The summed E-state index contributed by atoms with van der Waals surface area (Å²) in [6, 6.07) is 13.4. The highest BCUT2D eigenvalue weighted by molar-refractivity contribution is 5.93. The van der Waals surface area contributed by atoms with Crippen LogP contribution < -0.4 is 5.32 Å². The minimum Gasteiger partial charge on any atom is -0.449 e. The second-order valence-corrected chi connectivity index (χ2v) is 8.02. The van der Waals surface area contributed by atoms with Gasteiger partial charge in [-0.1, -0.05) is 24.3 Å². The largest absolute Gasteiger partial charge is 0.449 e. The predicted molar refractivity (Wildman–Crippen MR) is 117 cm³/mol. The SMILES string of the molecule is Cc1nc(-c2ccc(Cc3cc(C(=O)N[C@H]4CC[C@@H]4O)nc(-n4cccn4)c3)cc2)co1. The number of benzene rings is 1. The van der Waals surface area contributed by atoms with Crippen LogP contribution in [0.15, 0.2) is 65.5 Å². The van der Waals surface area contributed by atoms with Gasteiger partial charge in [0.1, 0.15) is 17.7 Å². The molecule has 1 saturated carbocycles. The normalized spacial score (nSPS) is 17.7. The number of carbonyl (C=O) groups excluding carboxylic acids is 1. The molecule has 1 fully saturated rings. The van der Waals surface area contributed by atoms with E-state index in [0.29, 0.717) is 30.2 Å². The van der Waals surface area contributed by atoms with Gasteiger partial charge >= 0.3 is 0 Å². The summed E-state index contributed by atoms with van der Waals surface area (Å²) in [5, 5.41) is 16.9. The number of pyridine rings is 1. The maximum absolute atomic E-state index is 12.8. The van der Waals surface area contributed by atoms with Crippen molar-refractivity contribution < 1.29 is 14.3 Å². The Hall–Kier alpha value is -3.78. The second-order valence-electron chi connectivity index (χ2n) is 8.02. The topological polar surface area (TPSA) is 106 Å². The molecule has 0 unspecified atom stereocenters. The molecule has 1 aliphatic carbocycles. The molecular formula is C24H23N5O3. The van der Waals surface area contributed by atoms with Gasteiger partial charge in [-0.15, -0.1) is 0 Å². The van der Waals surface area contributed by atoms with Crippen molar-refractivity contribution in [3.05, 3.63) is 83.8 Å². The molecule has 2 N–H and O–H groups in total. The molecule has 0 radical (unpaired) electrons. The summed E-state index contributed by atoms with van der Waals surface area (Å²) in [5.74, 6) is 0.912. The Bertz CT molecular complexity index is 1230. The highest BCUT2D eigenvalue weighted by atomic mass is 16.3. The van der Waals surface area contributed by atoms with E-state index in [1.165, 1.54) is 0 Å². The third-order valence-electron chi connectivity index (χ3n) is 5.67. The number of rotatable bonds is 6. The van der Waals surface area contributed by atoms with Crippen molar-refractivity contribution in [2.45, 2.75) is 38.3 Å². The van der Waals surface area contributed by atoms with E-state index < -0.39 is 6.10 Å². The molecule has 0 spiro atoms. The summed E-state index contributed by atoms with van der Waals surface area (Å²) >= 11 is 0. The van der Waals surface area contributed by atoms with Crippen molar-refractivity contribution in [2.24, 2.45) is 0 Å². The van der Waals surface area contributed by atoms with Crippen molar-refractivity contribution >= 4 is 5.91 Å². The molecule has 32 heavy (non-hydrogen) atoms. The number of aliphatic hydroxyl groups is 1. The van der Waals surface area contributed by atoms with E-state index in [4.69, 9.17) is 4.42 Å². The molecule has 1 aliphatic rings. The van der Waals surface area contributed by atoms with E-state index in [2.05, 4.69) is 20.4 Å². The summed E-state index contributed by atoms with van der Waals surface area (Å²) in [6.07, 6.45) is 6.73. The van der Waals surface area contributed by atoms with E-state index in [0.717, 1.165) is 28.8 Å². The predicted octanol–water partition coefficient (Wildman–Crippen LogP) is 3.07. The van der Waals surface area contributed by atoms with Crippen LogP contribution in [0.3, 0.4) is 0 Å². The molecule has 1 aromatic carbocycles. The Kier molecular flexibility index (Phi) is 5.28.